The summed E-state index contributed by atoms with van der Waals surface area (Å²) >= 11 is 0. The van der Waals surface area contributed by atoms with Gasteiger partial charge in [0.2, 0.25) is 5.78 Å². The van der Waals surface area contributed by atoms with Crippen molar-refractivity contribution >= 4 is 5.78 Å². The molecular weight excluding hydrogens is 104 g/mol. The predicted octanol–water partition coefficient (Wildman–Crippen LogP) is 1.00. The molecule has 0 amide bonds. The van der Waals surface area contributed by atoms with Crippen LogP contribution in [0.1, 0.15) is 6.42 Å². The Labute approximate surface area is 47.5 Å². The van der Waals surface area contributed by atoms with Crippen molar-refractivity contribution in [2.24, 2.45) is 0 Å². The third kappa shape index (κ3) is 0.780. The van der Waals surface area contributed by atoms with E-state index in [2.05, 4.69) is 11.3 Å². The number of carbonyl (C=O) groups is 1. The van der Waals surface area contributed by atoms with Crippen molar-refractivity contribution in [2.75, 3.05) is 0 Å². The number of rotatable bonds is 0. The van der Waals surface area contributed by atoms with Crippen molar-refractivity contribution in [3.05, 3.63) is 24.7 Å². The molecule has 2 heteroatoms. The molecule has 0 N–H and O–H groups in total. The summed E-state index contributed by atoms with van der Waals surface area (Å²) in [5, 5.41) is 0. The van der Waals surface area contributed by atoms with Gasteiger partial charge in [-0.05, 0) is 6.08 Å². The number of Topliss-reactive ketones (excluding diaryl/α,β-unsaturated/α-hetero) is 1. The van der Waals surface area contributed by atoms with Gasteiger partial charge in [0, 0.05) is 6.42 Å². The Kier molecular flexibility index (Phi) is 1.16. The molecule has 0 aromatic carbocycles. The lowest BCUT2D eigenvalue weighted by Crippen LogP contribution is -2.04. The molecule has 1 rings (SSSR count). The summed E-state index contributed by atoms with van der Waals surface area (Å²) in [5.74, 6) is 0.208. The first kappa shape index (κ1) is 5.09. The SMILES string of the molecule is C=C1OC=CCC1=O. The Balaban J connectivity index is 2.71. The zero-order chi connectivity index (χ0) is 5.98. The highest BCUT2D eigenvalue weighted by atomic mass is 16.5. The normalized spacial score (nSPS) is 18.5. The Morgan fingerprint density at radius 3 is 2.88 bits per heavy atom. The van der Waals surface area contributed by atoms with E-state index in [9.17, 15) is 4.79 Å². The monoisotopic (exact) mass is 110 g/mol. The number of hydrogen-bond acceptors (Lipinski definition) is 2. The van der Waals surface area contributed by atoms with E-state index < -0.39 is 0 Å². The summed E-state index contributed by atoms with van der Waals surface area (Å²) in [6.45, 7) is 3.37. The van der Waals surface area contributed by atoms with E-state index in [1.807, 2.05) is 0 Å². The van der Waals surface area contributed by atoms with Crippen molar-refractivity contribution in [2.45, 2.75) is 6.42 Å². The molecule has 0 fully saturated rings. The summed E-state index contributed by atoms with van der Waals surface area (Å²) < 4.78 is 4.67. The maximum atomic E-state index is 10.5. The Hall–Kier alpha value is -1.05. The number of allylic oxidation sites excluding steroid dienone is 2. The van der Waals surface area contributed by atoms with Crippen molar-refractivity contribution in [3.63, 3.8) is 0 Å². The average Bonchev–Trinajstić information content (AvgIpc) is 1.77. The van der Waals surface area contributed by atoms with Crippen LogP contribution in [0.25, 0.3) is 0 Å². The van der Waals surface area contributed by atoms with Crippen LogP contribution in [0.2, 0.25) is 0 Å². The number of hydrogen-bond donors (Lipinski definition) is 0. The first-order chi connectivity index (χ1) is 3.80. The van der Waals surface area contributed by atoms with E-state index in [0.29, 0.717) is 6.42 Å². The molecule has 1 aliphatic rings. The highest BCUT2D eigenvalue weighted by molar-refractivity contribution is 5.94. The molecule has 0 saturated heterocycles. The maximum Gasteiger partial charge on any atom is 0.201 e. The van der Waals surface area contributed by atoms with Gasteiger partial charge in [0.25, 0.3) is 0 Å². The van der Waals surface area contributed by atoms with Crippen molar-refractivity contribution in [1.29, 1.82) is 0 Å². The summed E-state index contributed by atoms with van der Waals surface area (Å²) in [6, 6.07) is 0. The average molecular weight is 110 g/mol. The zero-order valence-corrected chi connectivity index (χ0v) is 4.39. The smallest absolute Gasteiger partial charge is 0.201 e. The van der Waals surface area contributed by atoms with E-state index in [0.717, 1.165) is 0 Å². The number of ether oxygens (including phenoxy) is 1. The first-order valence-corrected chi connectivity index (χ1v) is 2.34. The van der Waals surface area contributed by atoms with Crippen LogP contribution in [-0.2, 0) is 9.53 Å². The molecule has 0 unspecified atom stereocenters. The van der Waals surface area contributed by atoms with Gasteiger partial charge in [-0.1, -0.05) is 6.58 Å². The Morgan fingerprint density at radius 2 is 2.50 bits per heavy atom. The fourth-order valence-electron chi connectivity index (χ4n) is 0.465. The van der Waals surface area contributed by atoms with Crippen LogP contribution in [0.3, 0.4) is 0 Å². The van der Waals surface area contributed by atoms with E-state index >= 15 is 0 Å². The lowest BCUT2D eigenvalue weighted by atomic mass is 10.2. The molecule has 0 aromatic rings. The lowest BCUT2D eigenvalue weighted by molar-refractivity contribution is -0.117. The van der Waals surface area contributed by atoms with Gasteiger partial charge in [-0.3, -0.25) is 4.79 Å². The second-order valence-corrected chi connectivity index (χ2v) is 1.54. The highest BCUT2D eigenvalue weighted by Gasteiger charge is 2.07. The van der Waals surface area contributed by atoms with E-state index in [1.165, 1.54) is 6.26 Å². The van der Waals surface area contributed by atoms with Gasteiger partial charge < -0.3 is 4.74 Å². The molecule has 0 atom stereocenters. The fourth-order valence-corrected chi connectivity index (χ4v) is 0.465. The minimum atomic E-state index is -0.0347. The molecule has 1 aliphatic heterocycles. The van der Waals surface area contributed by atoms with E-state index in [-0.39, 0.29) is 11.5 Å². The van der Waals surface area contributed by atoms with Crippen LogP contribution in [0.4, 0.5) is 0 Å². The first-order valence-electron chi connectivity index (χ1n) is 2.34. The zero-order valence-electron chi connectivity index (χ0n) is 4.39. The lowest BCUT2D eigenvalue weighted by Gasteiger charge is -2.04. The molecule has 42 valence electrons. The van der Waals surface area contributed by atoms with Gasteiger partial charge in [-0.2, -0.15) is 0 Å². The Morgan fingerprint density at radius 1 is 1.75 bits per heavy atom. The van der Waals surface area contributed by atoms with Gasteiger partial charge in [0.15, 0.2) is 5.76 Å². The third-order valence-corrected chi connectivity index (χ3v) is 0.921. The third-order valence-electron chi connectivity index (χ3n) is 0.921. The quantitative estimate of drug-likeness (QED) is 0.435. The fraction of sp³-hybridized carbons (Fsp3) is 0.167. The molecule has 0 aromatic heterocycles. The van der Waals surface area contributed by atoms with Gasteiger partial charge >= 0.3 is 0 Å². The van der Waals surface area contributed by atoms with Crippen LogP contribution in [-0.4, -0.2) is 5.78 Å². The second kappa shape index (κ2) is 1.82. The molecule has 0 spiro atoms. The standard InChI is InChI=1S/C6H6O2/c1-5-6(7)3-2-4-8-5/h2,4H,1,3H2. The van der Waals surface area contributed by atoms with Crippen LogP contribution >= 0.6 is 0 Å². The van der Waals surface area contributed by atoms with Gasteiger partial charge in [-0.15, -0.1) is 0 Å². The largest absolute Gasteiger partial charge is 0.462 e. The minimum absolute atomic E-state index is 0.0347. The molecule has 0 saturated carbocycles. The van der Waals surface area contributed by atoms with Gasteiger partial charge in [0.1, 0.15) is 0 Å². The van der Waals surface area contributed by atoms with Gasteiger partial charge in [-0.25, -0.2) is 0 Å². The topological polar surface area (TPSA) is 26.3 Å². The molecule has 2 nitrogen and oxygen atoms in total. The number of carbonyl (C=O) groups excluding carboxylic acids is 1. The summed E-state index contributed by atoms with van der Waals surface area (Å²) in [4.78, 5) is 10.5. The summed E-state index contributed by atoms with van der Waals surface area (Å²) in [6.07, 6.45) is 3.57. The summed E-state index contributed by atoms with van der Waals surface area (Å²) in [7, 11) is 0. The van der Waals surface area contributed by atoms with E-state index in [4.69, 9.17) is 0 Å². The van der Waals surface area contributed by atoms with Crippen LogP contribution in [0.5, 0.6) is 0 Å². The molecule has 1 heterocycles. The Bertz CT molecular complexity index is 138. The van der Waals surface area contributed by atoms with E-state index in [1.54, 1.807) is 6.08 Å². The van der Waals surface area contributed by atoms with Gasteiger partial charge in [0.05, 0.1) is 6.26 Å². The molecule has 0 bridgehead atoms. The summed E-state index contributed by atoms with van der Waals surface area (Å²) in [5.41, 5.74) is 0. The molecule has 0 radical (unpaired) electrons. The van der Waals surface area contributed by atoms with Crippen LogP contribution in [0, 0.1) is 0 Å². The predicted molar refractivity (Wildman–Crippen MR) is 29.0 cm³/mol. The van der Waals surface area contributed by atoms with Crippen molar-refractivity contribution < 1.29 is 9.53 Å². The molecule has 0 aliphatic carbocycles. The molecular formula is C6H6O2. The maximum absolute atomic E-state index is 10.5. The second-order valence-electron chi connectivity index (χ2n) is 1.54. The van der Waals surface area contributed by atoms with Crippen molar-refractivity contribution in [1.82, 2.24) is 0 Å². The number of ketones is 1. The molecule has 8 heavy (non-hydrogen) atoms. The minimum Gasteiger partial charge on any atom is -0.462 e. The van der Waals surface area contributed by atoms with Crippen LogP contribution in [0.15, 0.2) is 24.7 Å². The highest BCUT2D eigenvalue weighted by Crippen LogP contribution is 2.06. The van der Waals surface area contributed by atoms with Crippen LogP contribution < -0.4 is 0 Å². The van der Waals surface area contributed by atoms with Crippen molar-refractivity contribution in [3.8, 4) is 0 Å².